The molecule has 0 aromatic heterocycles. The Balaban J connectivity index is 2.26. The van der Waals surface area contributed by atoms with Crippen LogP contribution in [0, 0.1) is 13.8 Å². The number of benzene rings is 1. The van der Waals surface area contributed by atoms with Crippen molar-refractivity contribution in [3.63, 3.8) is 0 Å². The minimum absolute atomic E-state index is 0.286. The van der Waals surface area contributed by atoms with E-state index in [1.54, 1.807) is 7.11 Å². The van der Waals surface area contributed by atoms with Crippen LogP contribution in [0.15, 0.2) is 12.1 Å². The minimum Gasteiger partial charge on any atom is -0.496 e. The molecule has 2 unspecified atom stereocenters. The van der Waals surface area contributed by atoms with Gasteiger partial charge in [-0.05, 0) is 62.8 Å². The zero-order chi connectivity index (χ0) is 15.2. The summed E-state index contributed by atoms with van der Waals surface area (Å²) in [6.07, 6.45) is 5.03. The lowest BCUT2D eigenvalue weighted by atomic mass is 9.93. The molecule has 0 saturated carbocycles. The highest BCUT2D eigenvalue weighted by atomic mass is 16.5. The molecule has 3 nitrogen and oxygen atoms in total. The van der Waals surface area contributed by atoms with Crippen molar-refractivity contribution < 1.29 is 9.47 Å². The number of methoxy groups -OCH3 is 1. The Hall–Kier alpha value is -1.06. The molecule has 2 rings (SSSR count). The van der Waals surface area contributed by atoms with E-state index >= 15 is 0 Å². The minimum atomic E-state index is 0.286. The first-order valence-corrected chi connectivity index (χ1v) is 8.17. The molecule has 1 aromatic carbocycles. The molecule has 1 aliphatic rings. The highest BCUT2D eigenvalue weighted by Gasteiger charge is 2.26. The molecule has 0 radical (unpaired) electrons. The monoisotopic (exact) mass is 291 g/mol. The van der Waals surface area contributed by atoms with Crippen molar-refractivity contribution in [2.45, 2.75) is 58.6 Å². The van der Waals surface area contributed by atoms with Crippen molar-refractivity contribution in [1.82, 2.24) is 5.32 Å². The van der Waals surface area contributed by atoms with Crippen LogP contribution >= 0.6 is 0 Å². The number of hydrogen-bond acceptors (Lipinski definition) is 3. The van der Waals surface area contributed by atoms with E-state index in [-0.39, 0.29) is 12.1 Å². The molecule has 1 aliphatic heterocycles. The molecule has 21 heavy (non-hydrogen) atoms. The van der Waals surface area contributed by atoms with Crippen molar-refractivity contribution in [2.75, 3.05) is 20.3 Å². The first-order chi connectivity index (χ1) is 10.2. The lowest BCUT2D eigenvalue weighted by Crippen LogP contribution is -2.36. The molecule has 0 amide bonds. The molecule has 1 heterocycles. The van der Waals surface area contributed by atoms with Crippen LogP contribution in [0.25, 0.3) is 0 Å². The van der Waals surface area contributed by atoms with Crippen LogP contribution in [0.4, 0.5) is 0 Å². The van der Waals surface area contributed by atoms with Crippen LogP contribution in [0.2, 0.25) is 0 Å². The Bertz CT molecular complexity index is 430. The van der Waals surface area contributed by atoms with E-state index in [1.807, 2.05) is 0 Å². The molecule has 0 aliphatic carbocycles. The number of rotatable bonds is 6. The maximum absolute atomic E-state index is 6.03. The average molecular weight is 291 g/mol. The van der Waals surface area contributed by atoms with Gasteiger partial charge in [0.15, 0.2) is 0 Å². The standard InChI is InChI=1S/C18H29NO2/c1-5-9-19-17(16-8-6-7-10-21-16)15-11-13(2)18(20-4)14(3)12-15/h11-12,16-17,19H,5-10H2,1-4H3. The molecule has 1 fully saturated rings. The van der Waals surface area contributed by atoms with E-state index < -0.39 is 0 Å². The Morgan fingerprint density at radius 1 is 1.29 bits per heavy atom. The summed E-state index contributed by atoms with van der Waals surface area (Å²) < 4.78 is 11.5. The lowest BCUT2D eigenvalue weighted by molar-refractivity contribution is -0.00817. The number of nitrogens with one attached hydrogen (secondary N) is 1. The Kier molecular flexibility index (Phi) is 6.07. The number of ether oxygens (including phenoxy) is 2. The third-order valence-electron chi connectivity index (χ3n) is 4.25. The Morgan fingerprint density at radius 3 is 2.52 bits per heavy atom. The summed E-state index contributed by atoms with van der Waals surface area (Å²) in [5.41, 5.74) is 3.73. The van der Waals surface area contributed by atoms with Crippen molar-refractivity contribution in [3.05, 3.63) is 28.8 Å². The SMILES string of the molecule is CCCNC(c1cc(C)c(OC)c(C)c1)C1CCCCO1. The van der Waals surface area contributed by atoms with Crippen LogP contribution < -0.4 is 10.1 Å². The fraction of sp³-hybridized carbons (Fsp3) is 0.667. The zero-order valence-corrected chi connectivity index (χ0v) is 13.9. The fourth-order valence-corrected chi connectivity index (χ4v) is 3.28. The fourth-order valence-electron chi connectivity index (χ4n) is 3.28. The van der Waals surface area contributed by atoms with E-state index in [2.05, 4.69) is 38.2 Å². The Morgan fingerprint density at radius 2 is 2.00 bits per heavy atom. The van der Waals surface area contributed by atoms with Crippen LogP contribution in [0.3, 0.4) is 0 Å². The lowest BCUT2D eigenvalue weighted by Gasteiger charge is -2.32. The molecule has 3 heteroatoms. The zero-order valence-electron chi connectivity index (χ0n) is 13.9. The maximum Gasteiger partial charge on any atom is 0.124 e. The van der Waals surface area contributed by atoms with E-state index in [0.29, 0.717) is 0 Å². The molecule has 2 atom stereocenters. The third kappa shape index (κ3) is 3.98. The highest BCUT2D eigenvalue weighted by molar-refractivity contribution is 5.44. The van der Waals surface area contributed by atoms with Gasteiger partial charge in [-0.15, -0.1) is 0 Å². The van der Waals surface area contributed by atoms with Gasteiger partial charge < -0.3 is 14.8 Å². The molecule has 1 saturated heterocycles. The number of aryl methyl sites for hydroxylation is 2. The summed E-state index contributed by atoms with van der Waals surface area (Å²) in [6.45, 7) is 8.36. The number of hydrogen-bond donors (Lipinski definition) is 1. The van der Waals surface area contributed by atoms with Crippen molar-refractivity contribution in [2.24, 2.45) is 0 Å². The van der Waals surface area contributed by atoms with Crippen LogP contribution in [-0.2, 0) is 4.74 Å². The van der Waals surface area contributed by atoms with Gasteiger partial charge in [0.2, 0.25) is 0 Å². The summed E-state index contributed by atoms with van der Waals surface area (Å²) >= 11 is 0. The van der Waals surface area contributed by atoms with Gasteiger partial charge in [-0.25, -0.2) is 0 Å². The summed E-state index contributed by atoms with van der Waals surface area (Å²) in [5.74, 6) is 0.998. The smallest absolute Gasteiger partial charge is 0.124 e. The topological polar surface area (TPSA) is 30.5 Å². The first-order valence-electron chi connectivity index (χ1n) is 8.17. The van der Waals surface area contributed by atoms with Gasteiger partial charge in [0.05, 0.1) is 19.3 Å². The average Bonchev–Trinajstić information content (AvgIpc) is 2.48. The van der Waals surface area contributed by atoms with Gasteiger partial charge in [-0.3, -0.25) is 0 Å². The van der Waals surface area contributed by atoms with Gasteiger partial charge in [-0.1, -0.05) is 19.1 Å². The molecular formula is C18H29NO2. The second-order valence-electron chi connectivity index (χ2n) is 6.02. The molecule has 0 spiro atoms. The molecule has 118 valence electrons. The largest absolute Gasteiger partial charge is 0.496 e. The predicted molar refractivity (Wildman–Crippen MR) is 87.1 cm³/mol. The van der Waals surface area contributed by atoms with Gasteiger partial charge in [-0.2, -0.15) is 0 Å². The first kappa shape index (κ1) is 16.3. The summed E-state index contributed by atoms with van der Waals surface area (Å²) in [4.78, 5) is 0. The van der Waals surface area contributed by atoms with Crippen LogP contribution in [0.5, 0.6) is 5.75 Å². The van der Waals surface area contributed by atoms with E-state index in [9.17, 15) is 0 Å². The quantitative estimate of drug-likeness (QED) is 0.861. The molecule has 1 aromatic rings. The second kappa shape index (κ2) is 7.81. The summed E-state index contributed by atoms with van der Waals surface area (Å²) in [7, 11) is 1.74. The van der Waals surface area contributed by atoms with Gasteiger partial charge in [0, 0.05) is 6.61 Å². The second-order valence-corrected chi connectivity index (χ2v) is 6.02. The van der Waals surface area contributed by atoms with Crippen LogP contribution in [-0.4, -0.2) is 26.4 Å². The van der Waals surface area contributed by atoms with Gasteiger partial charge >= 0.3 is 0 Å². The highest BCUT2D eigenvalue weighted by Crippen LogP contribution is 2.31. The Labute approximate surface area is 129 Å². The summed E-state index contributed by atoms with van der Waals surface area (Å²) in [6, 6.07) is 4.78. The van der Waals surface area contributed by atoms with Crippen LogP contribution in [0.1, 0.15) is 55.3 Å². The summed E-state index contributed by atoms with van der Waals surface area (Å²) in [5, 5.41) is 3.68. The molecule has 0 bridgehead atoms. The van der Waals surface area contributed by atoms with Gasteiger partial charge in [0.25, 0.3) is 0 Å². The maximum atomic E-state index is 6.03. The molecular weight excluding hydrogens is 262 g/mol. The molecule has 1 N–H and O–H groups in total. The van der Waals surface area contributed by atoms with Crippen molar-refractivity contribution >= 4 is 0 Å². The van der Waals surface area contributed by atoms with Crippen molar-refractivity contribution in [1.29, 1.82) is 0 Å². The van der Waals surface area contributed by atoms with Gasteiger partial charge in [0.1, 0.15) is 5.75 Å². The van der Waals surface area contributed by atoms with E-state index in [0.717, 1.165) is 31.7 Å². The van der Waals surface area contributed by atoms with E-state index in [1.165, 1.54) is 29.5 Å². The van der Waals surface area contributed by atoms with E-state index in [4.69, 9.17) is 9.47 Å². The predicted octanol–water partition coefficient (Wildman–Crippen LogP) is 3.92. The normalized spacial score (nSPS) is 20.3. The van der Waals surface area contributed by atoms with Crippen molar-refractivity contribution in [3.8, 4) is 5.75 Å². The third-order valence-corrected chi connectivity index (χ3v) is 4.25.